The minimum atomic E-state index is -4.24. The standard InChI is InChI=1S/C31H43ClN6O8S.H2O/c32-24-12-14-26(15-13-24)38(25-5-2-1-3-6-25)31(41)45-20-23-10-8-22(9-11-23)19-44-21-28(39)36-17-18-47(42,43)46-29(40)27(33)7-4-16-37-30(34)35;/h1-3,5-6,12-15,22-23,27H,4,7-11,16-21,33H2,(H,36,39)(H4,34,35,37);1H2/t22?,23?,27-;/m0./s1. The molecular weight excluding hydrogens is 668 g/mol. The van der Waals surface area contributed by atoms with Crippen molar-refractivity contribution in [3.05, 3.63) is 59.6 Å². The number of hydrogen-bond acceptors (Lipinski definition) is 10. The molecule has 2 aromatic carbocycles. The first-order chi connectivity index (χ1) is 22.4. The van der Waals surface area contributed by atoms with Crippen LogP contribution < -0.4 is 27.4 Å². The molecule has 3 rings (SSSR count). The molecule has 0 radical (unpaired) electrons. The van der Waals surface area contributed by atoms with Crippen LogP contribution >= 0.6 is 11.6 Å². The molecule has 9 N–H and O–H groups in total. The molecule has 0 aliphatic heterocycles. The molecule has 0 spiro atoms. The fraction of sp³-hybridized carbons (Fsp3) is 0.484. The van der Waals surface area contributed by atoms with Crippen LogP contribution in [0.1, 0.15) is 38.5 Å². The number of anilines is 2. The number of hydrogen-bond donors (Lipinski definition) is 4. The molecular formula is C31H45ClN6O9S. The molecule has 17 heteroatoms. The quantitative estimate of drug-likeness (QED) is 0.0798. The van der Waals surface area contributed by atoms with Crippen molar-refractivity contribution in [1.82, 2.24) is 5.32 Å². The molecule has 266 valence electrons. The summed E-state index contributed by atoms with van der Waals surface area (Å²) >= 11 is 6.03. The minimum Gasteiger partial charge on any atom is -0.449 e. The average molecular weight is 713 g/mol. The number of nitrogens with two attached hydrogens (primary N) is 3. The lowest BCUT2D eigenvalue weighted by Gasteiger charge is -2.29. The Morgan fingerprint density at radius 3 is 2.19 bits per heavy atom. The van der Waals surface area contributed by atoms with Crippen LogP contribution in [0.5, 0.6) is 0 Å². The van der Waals surface area contributed by atoms with Crippen LogP contribution in [0.25, 0.3) is 0 Å². The molecule has 1 aliphatic rings. The Bertz CT molecular complexity index is 1440. The highest BCUT2D eigenvalue weighted by molar-refractivity contribution is 7.87. The van der Waals surface area contributed by atoms with Crippen LogP contribution in [0.3, 0.4) is 0 Å². The van der Waals surface area contributed by atoms with Gasteiger partial charge in [0.15, 0.2) is 5.96 Å². The minimum absolute atomic E-state index is 0. The highest BCUT2D eigenvalue weighted by atomic mass is 35.5. The number of benzene rings is 2. The van der Waals surface area contributed by atoms with Crippen LogP contribution in [0, 0.1) is 11.8 Å². The van der Waals surface area contributed by atoms with Gasteiger partial charge >= 0.3 is 22.2 Å². The number of nitrogens with one attached hydrogen (secondary N) is 1. The summed E-state index contributed by atoms with van der Waals surface area (Å²) < 4.78 is 40.0. The summed E-state index contributed by atoms with van der Waals surface area (Å²) in [6.07, 6.45) is 3.41. The molecule has 0 saturated heterocycles. The third-order valence-corrected chi connectivity index (χ3v) is 8.81. The van der Waals surface area contributed by atoms with Gasteiger partial charge in [0, 0.05) is 18.1 Å². The lowest BCUT2D eigenvalue weighted by Crippen LogP contribution is -2.37. The zero-order valence-corrected chi connectivity index (χ0v) is 28.2. The van der Waals surface area contributed by atoms with E-state index in [2.05, 4.69) is 14.5 Å². The Labute approximate surface area is 285 Å². The Kier molecular flexibility index (Phi) is 17.1. The van der Waals surface area contributed by atoms with Gasteiger partial charge in [-0.1, -0.05) is 29.8 Å². The van der Waals surface area contributed by atoms with Crippen LogP contribution in [-0.2, 0) is 33.4 Å². The average Bonchev–Trinajstić information content (AvgIpc) is 3.03. The monoisotopic (exact) mass is 712 g/mol. The first-order valence-corrected chi connectivity index (χ1v) is 17.3. The number of para-hydroxylation sites is 1. The van der Waals surface area contributed by atoms with E-state index in [1.54, 1.807) is 24.3 Å². The molecule has 48 heavy (non-hydrogen) atoms. The smallest absolute Gasteiger partial charge is 0.418 e. The molecule has 0 aromatic heterocycles. The number of ether oxygens (including phenoxy) is 2. The molecule has 15 nitrogen and oxygen atoms in total. The van der Waals surface area contributed by atoms with Crippen LogP contribution in [0.15, 0.2) is 59.6 Å². The summed E-state index contributed by atoms with van der Waals surface area (Å²) in [4.78, 5) is 42.5. The van der Waals surface area contributed by atoms with Crippen molar-refractivity contribution >= 4 is 57.0 Å². The Morgan fingerprint density at radius 2 is 1.56 bits per heavy atom. The van der Waals surface area contributed by atoms with Crippen molar-refractivity contribution in [2.45, 2.75) is 44.6 Å². The van der Waals surface area contributed by atoms with Crippen LogP contribution in [0.2, 0.25) is 5.02 Å². The molecule has 1 saturated carbocycles. The summed E-state index contributed by atoms with van der Waals surface area (Å²) in [5.74, 6) is -1.84. The molecule has 0 unspecified atom stereocenters. The van der Waals surface area contributed by atoms with E-state index in [1.807, 2.05) is 30.3 Å². The van der Waals surface area contributed by atoms with E-state index in [1.165, 1.54) is 4.90 Å². The Morgan fingerprint density at radius 1 is 0.958 bits per heavy atom. The number of guanidine groups is 1. The lowest BCUT2D eigenvalue weighted by atomic mass is 9.83. The predicted molar refractivity (Wildman–Crippen MR) is 182 cm³/mol. The topological polar surface area (TPSA) is 250 Å². The van der Waals surface area contributed by atoms with Crippen molar-refractivity contribution in [2.24, 2.45) is 34.0 Å². The Balaban J connectivity index is 0.00000800. The normalized spacial score (nSPS) is 16.5. The van der Waals surface area contributed by atoms with Crippen molar-refractivity contribution in [1.29, 1.82) is 0 Å². The second-order valence-corrected chi connectivity index (χ2v) is 13.3. The molecule has 1 fully saturated rings. The maximum atomic E-state index is 13.1. The fourth-order valence-electron chi connectivity index (χ4n) is 4.90. The van der Waals surface area contributed by atoms with E-state index in [0.717, 1.165) is 25.7 Å². The molecule has 2 amide bonds. The molecule has 1 atom stereocenters. The second-order valence-electron chi connectivity index (χ2n) is 11.2. The molecule has 1 aliphatic carbocycles. The van der Waals surface area contributed by atoms with Crippen LogP contribution in [0.4, 0.5) is 16.2 Å². The zero-order chi connectivity index (χ0) is 34.2. The van der Waals surface area contributed by atoms with Gasteiger partial charge in [-0.3, -0.25) is 9.79 Å². The van der Waals surface area contributed by atoms with Gasteiger partial charge in [-0.25, -0.2) is 14.5 Å². The lowest BCUT2D eigenvalue weighted by molar-refractivity contribution is -0.135. The highest BCUT2D eigenvalue weighted by Crippen LogP contribution is 2.31. The number of amides is 2. The van der Waals surface area contributed by atoms with Gasteiger partial charge < -0.3 is 41.7 Å². The number of halogens is 1. The van der Waals surface area contributed by atoms with Crippen LogP contribution in [-0.4, -0.2) is 82.5 Å². The summed E-state index contributed by atoms with van der Waals surface area (Å²) in [7, 11) is -4.24. The third-order valence-electron chi connectivity index (χ3n) is 7.43. The van der Waals surface area contributed by atoms with E-state index in [-0.39, 0.29) is 56.0 Å². The molecule has 0 bridgehead atoms. The van der Waals surface area contributed by atoms with Crippen molar-refractivity contribution in [3.8, 4) is 0 Å². The molecule has 0 heterocycles. The number of carbonyl (C=O) groups excluding carboxylic acids is 3. The van der Waals surface area contributed by atoms with E-state index in [9.17, 15) is 22.8 Å². The largest absolute Gasteiger partial charge is 0.449 e. The maximum Gasteiger partial charge on any atom is 0.418 e. The van der Waals surface area contributed by atoms with Crippen molar-refractivity contribution in [3.63, 3.8) is 0 Å². The van der Waals surface area contributed by atoms with Gasteiger partial charge in [-0.15, -0.1) is 0 Å². The summed E-state index contributed by atoms with van der Waals surface area (Å²) in [5, 5.41) is 3.01. The number of nitrogens with zero attached hydrogens (tertiary/aromatic N) is 2. The van der Waals surface area contributed by atoms with E-state index in [0.29, 0.717) is 29.4 Å². The van der Waals surface area contributed by atoms with Gasteiger partial charge in [-0.05, 0) is 86.8 Å². The molecule has 2 aromatic rings. The zero-order valence-electron chi connectivity index (χ0n) is 26.6. The number of carbonyl (C=O) groups is 3. The maximum absolute atomic E-state index is 13.1. The third kappa shape index (κ3) is 14.4. The SMILES string of the molecule is NC(N)=NCCC[C@H](N)C(=O)OS(=O)(=O)CCNC(=O)COCC1CCC(COC(=O)N(c2ccccc2)c2ccc(Cl)cc2)CC1.O. The van der Waals surface area contributed by atoms with Crippen molar-refractivity contribution < 1.29 is 41.9 Å². The van der Waals surface area contributed by atoms with E-state index >= 15 is 0 Å². The van der Waals surface area contributed by atoms with Gasteiger partial charge in [0.05, 0.1) is 24.6 Å². The van der Waals surface area contributed by atoms with Gasteiger partial charge in [0.2, 0.25) is 5.91 Å². The van der Waals surface area contributed by atoms with E-state index in [4.69, 9.17) is 38.3 Å². The van der Waals surface area contributed by atoms with E-state index < -0.39 is 39.9 Å². The van der Waals surface area contributed by atoms with Gasteiger partial charge in [0.25, 0.3) is 0 Å². The summed E-state index contributed by atoms with van der Waals surface area (Å²) in [6.45, 7) is 0.396. The Hall–Kier alpha value is -3.96. The fourth-order valence-corrected chi connectivity index (χ4v) is 5.83. The highest BCUT2D eigenvalue weighted by Gasteiger charge is 2.26. The second kappa shape index (κ2) is 20.4. The summed E-state index contributed by atoms with van der Waals surface area (Å²) in [5.41, 5.74) is 17.4. The van der Waals surface area contributed by atoms with Gasteiger partial charge in [-0.2, -0.15) is 8.42 Å². The number of rotatable bonds is 17. The number of aliphatic imine (C=N–C) groups is 1. The first kappa shape index (κ1) is 40.2. The predicted octanol–water partition coefficient (Wildman–Crippen LogP) is 1.98. The summed E-state index contributed by atoms with van der Waals surface area (Å²) in [6, 6.07) is 15.1. The first-order valence-electron chi connectivity index (χ1n) is 15.3. The van der Waals surface area contributed by atoms with Gasteiger partial charge in [0.1, 0.15) is 18.4 Å². The van der Waals surface area contributed by atoms with Crippen molar-refractivity contribution in [2.75, 3.05) is 43.6 Å².